The number of hydrogen-bond acceptors (Lipinski definition) is 3. The Bertz CT molecular complexity index is 896. The standard InChI is InChI=1S/C22H29N3O3/c1-16(26)23-12-14-25-13-11-18-19(22(25)28)9-6-10-20(18)24-21(27)15-17-7-4-2-3-5-8-17/h6,9-11,13,17H,2-5,7-8,12,14-15H2,1H3,(H,23,26)(H,24,27). The number of fused-ring (bicyclic) bond motifs is 1. The zero-order chi connectivity index (χ0) is 19.9. The molecule has 0 radical (unpaired) electrons. The maximum atomic E-state index is 12.7. The largest absolute Gasteiger partial charge is 0.355 e. The summed E-state index contributed by atoms with van der Waals surface area (Å²) in [4.78, 5) is 36.3. The molecule has 1 aliphatic rings. The summed E-state index contributed by atoms with van der Waals surface area (Å²) in [5.74, 6) is 0.366. The number of nitrogens with one attached hydrogen (secondary N) is 2. The lowest BCUT2D eigenvalue weighted by atomic mass is 9.96. The Balaban J connectivity index is 1.72. The van der Waals surface area contributed by atoms with Gasteiger partial charge in [-0.05, 0) is 37.0 Å². The minimum Gasteiger partial charge on any atom is -0.355 e. The van der Waals surface area contributed by atoms with Crippen LogP contribution < -0.4 is 16.2 Å². The van der Waals surface area contributed by atoms with E-state index < -0.39 is 0 Å². The minimum absolute atomic E-state index is 0.0224. The maximum Gasteiger partial charge on any atom is 0.258 e. The fourth-order valence-corrected chi connectivity index (χ4v) is 3.99. The summed E-state index contributed by atoms with van der Waals surface area (Å²) in [7, 11) is 0. The van der Waals surface area contributed by atoms with E-state index >= 15 is 0 Å². The zero-order valence-corrected chi connectivity index (χ0v) is 16.5. The van der Waals surface area contributed by atoms with Crippen LogP contribution in [-0.4, -0.2) is 22.9 Å². The Morgan fingerprint density at radius 1 is 1.07 bits per heavy atom. The van der Waals surface area contributed by atoms with Crippen molar-refractivity contribution in [3.8, 4) is 0 Å². The molecule has 1 aliphatic carbocycles. The van der Waals surface area contributed by atoms with Gasteiger partial charge in [0.15, 0.2) is 0 Å². The lowest BCUT2D eigenvalue weighted by Crippen LogP contribution is -2.29. The van der Waals surface area contributed by atoms with E-state index in [1.54, 1.807) is 22.9 Å². The topological polar surface area (TPSA) is 80.2 Å². The summed E-state index contributed by atoms with van der Waals surface area (Å²) in [5.41, 5.74) is 0.560. The van der Waals surface area contributed by atoms with E-state index in [9.17, 15) is 14.4 Å². The van der Waals surface area contributed by atoms with E-state index in [0.29, 0.717) is 36.5 Å². The molecule has 28 heavy (non-hydrogen) atoms. The molecule has 6 nitrogen and oxygen atoms in total. The van der Waals surface area contributed by atoms with Crippen LogP contribution in [0.4, 0.5) is 5.69 Å². The number of nitrogens with zero attached hydrogens (tertiary/aromatic N) is 1. The molecule has 0 atom stereocenters. The Morgan fingerprint density at radius 3 is 2.54 bits per heavy atom. The number of hydrogen-bond donors (Lipinski definition) is 2. The molecule has 0 unspecified atom stereocenters. The van der Waals surface area contributed by atoms with Crippen molar-refractivity contribution in [2.24, 2.45) is 5.92 Å². The molecule has 0 saturated heterocycles. The van der Waals surface area contributed by atoms with E-state index in [4.69, 9.17) is 0 Å². The molecule has 150 valence electrons. The number of carbonyl (C=O) groups excluding carboxylic acids is 2. The van der Waals surface area contributed by atoms with Crippen molar-refractivity contribution in [2.75, 3.05) is 11.9 Å². The summed E-state index contributed by atoms with van der Waals surface area (Å²) in [6.45, 7) is 2.26. The van der Waals surface area contributed by atoms with Crippen LogP contribution in [0.1, 0.15) is 51.9 Å². The van der Waals surface area contributed by atoms with Gasteiger partial charge in [-0.2, -0.15) is 0 Å². The Labute approximate surface area is 165 Å². The second-order valence-corrected chi connectivity index (χ2v) is 7.67. The molecule has 0 spiro atoms. The van der Waals surface area contributed by atoms with Crippen LogP contribution in [0, 0.1) is 5.92 Å². The third-order valence-electron chi connectivity index (χ3n) is 5.47. The maximum absolute atomic E-state index is 12.7. The molecule has 6 heteroatoms. The van der Waals surface area contributed by atoms with Gasteiger partial charge < -0.3 is 15.2 Å². The van der Waals surface area contributed by atoms with Gasteiger partial charge in [-0.25, -0.2) is 0 Å². The Morgan fingerprint density at radius 2 is 1.82 bits per heavy atom. The van der Waals surface area contributed by atoms with Gasteiger partial charge in [-0.1, -0.05) is 31.7 Å². The van der Waals surface area contributed by atoms with Crippen LogP contribution in [0.25, 0.3) is 10.8 Å². The number of pyridine rings is 1. The zero-order valence-electron chi connectivity index (χ0n) is 16.5. The lowest BCUT2D eigenvalue weighted by Gasteiger charge is -2.15. The molecule has 1 fully saturated rings. The van der Waals surface area contributed by atoms with Crippen LogP contribution in [0.15, 0.2) is 35.3 Å². The Kier molecular flexibility index (Phi) is 6.85. The van der Waals surface area contributed by atoms with Gasteiger partial charge in [-0.3, -0.25) is 14.4 Å². The normalized spacial score (nSPS) is 15.2. The lowest BCUT2D eigenvalue weighted by molar-refractivity contribution is -0.119. The molecule has 1 heterocycles. The van der Waals surface area contributed by atoms with Crippen molar-refractivity contribution in [2.45, 2.75) is 58.4 Å². The highest BCUT2D eigenvalue weighted by Gasteiger charge is 2.17. The van der Waals surface area contributed by atoms with Gasteiger partial charge in [-0.15, -0.1) is 0 Å². The second-order valence-electron chi connectivity index (χ2n) is 7.67. The van der Waals surface area contributed by atoms with Crippen molar-refractivity contribution < 1.29 is 9.59 Å². The van der Waals surface area contributed by atoms with Gasteiger partial charge in [0, 0.05) is 49.1 Å². The molecule has 3 rings (SSSR count). The van der Waals surface area contributed by atoms with Crippen molar-refractivity contribution in [1.82, 2.24) is 9.88 Å². The first-order chi connectivity index (χ1) is 13.5. The molecular formula is C22H29N3O3. The number of rotatable bonds is 6. The number of anilines is 1. The minimum atomic E-state index is -0.122. The predicted octanol–water partition coefficient (Wildman–Crippen LogP) is 3.44. The first kappa shape index (κ1) is 20.1. The van der Waals surface area contributed by atoms with Crippen molar-refractivity contribution in [3.05, 3.63) is 40.8 Å². The van der Waals surface area contributed by atoms with E-state index in [-0.39, 0.29) is 17.4 Å². The summed E-state index contributed by atoms with van der Waals surface area (Å²) < 4.78 is 1.58. The van der Waals surface area contributed by atoms with Gasteiger partial charge in [0.05, 0.1) is 0 Å². The average Bonchev–Trinajstić information content (AvgIpc) is 2.92. The average molecular weight is 383 g/mol. The monoisotopic (exact) mass is 383 g/mol. The second kappa shape index (κ2) is 9.53. The molecule has 0 bridgehead atoms. The van der Waals surface area contributed by atoms with E-state index in [2.05, 4.69) is 10.6 Å². The molecule has 1 aromatic heterocycles. The van der Waals surface area contributed by atoms with E-state index in [1.807, 2.05) is 12.1 Å². The highest BCUT2D eigenvalue weighted by molar-refractivity contribution is 6.01. The third kappa shape index (κ3) is 5.21. The number of benzene rings is 1. The quantitative estimate of drug-likeness (QED) is 0.750. The fourth-order valence-electron chi connectivity index (χ4n) is 3.99. The van der Waals surface area contributed by atoms with Crippen molar-refractivity contribution in [3.63, 3.8) is 0 Å². The molecule has 2 aromatic rings. The number of aromatic nitrogens is 1. The number of carbonyl (C=O) groups is 2. The van der Waals surface area contributed by atoms with Crippen molar-refractivity contribution in [1.29, 1.82) is 0 Å². The van der Waals surface area contributed by atoms with Gasteiger partial charge in [0.2, 0.25) is 11.8 Å². The first-order valence-corrected chi connectivity index (χ1v) is 10.2. The van der Waals surface area contributed by atoms with Crippen molar-refractivity contribution >= 4 is 28.3 Å². The van der Waals surface area contributed by atoms with Crippen LogP contribution in [0.3, 0.4) is 0 Å². The van der Waals surface area contributed by atoms with Gasteiger partial charge in [0.25, 0.3) is 5.56 Å². The van der Waals surface area contributed by atoms with Crippen LogP contribution >= 0.6 is 0 Å². The molecule has 0 aliphatic heterocycles. The molecule has 1 aromatic carbocycles. The first-order valence-electron chi connectivity index (χ1n) is 10.2. The summed E-state index contributed by atoms with van der Waals surface area (Å²) in [5, 5.41) is 7.02. The smallest absolute Gasteiger partial charge is 0.258 e. The highest BCUT2D eigenvalue weighted by Crippen LogP contribution is 2.27. The van der Waals surface area contributed by atoms with E-state index in [1.165, 1.54) is 32.6 Å². The van der Waals surface area contributed by atoms with Gasteiger partial charge in [0.1, 0.15) is 0 Å². The molecule has 2 amide bonds. The SMILES string of the molecule is CC(=O)NCCn1ccc2c(NC(=O)CC3CCCCCC3)cccc2c1=O. The van der Waals surface area contributed by atoms with Crippen LogP contribution in [0.5, 0.6) is 0 Å². The van der Waals surface area contributed by atoms with Gasteiger partial charge >= 0.3 is 0 Å². The highest BCUT2D eigenvalue weighted by atomic mass is 16.2. The predicted molar refractivity (Wildman–Crippen MR) is 111 cm³/mol. The van der Waals surface area contributed by atoms with E-state index in [0.717, 1.165) is 18.2 Å². The molecule has 1 saturated carbocycles. The summed E-state index contributed by atoms with van der Waals surface area (Å²) >= 11 is 0. The Hall–Kier alpha value is -2.63. The fraction of sp³-hybridized carbons (Fsp3) is 0.500. The van der Waals surface area contributed by atoms with Crippen LogP contribution in [-0.2, 0) is 16.1 Å². The third-order valence-corrected chi connectivity index (χ3v) is 5.47. The molecular weight excluding hydrogens is 354 g/mol. The molecule has 2 N–H and O–H groups in total. The van der Waals surface area contributed by atoms with Crippen LogP contribution in [0.2, 0.25) is 0 Å². The number of amides is 2. The summed E-state index contributed by atoms with van der Waals surface area (Å²) in [6.07, 6.45) is 9.49. The summed E-state index contributed by atoms with van der Waals surface area (Å²) in [6, 6.07) is 7.26.